The second-order valence-corrected chi connectivity index (χ2v) is 17.7. The molecule has 2 atom stereocenters. The Morgan fingerprint density at radius 2 is 1.57 bits per heavy atom. The zero-order valence-electron chi connectivity index (χ0n) is 28.0. The summed E-state index contributed by atoms with van der Waals surface area (Å²) < 4.78 is 65.3. The monoisotopic (exact) mass is 675 g/mol. The van der Waals surface area contributed by atoms with E-state index in [4.69, 9.17) is 18.6 Å². The van der Waals surface area contributed by atoms with Crippen LogP contribution in [0.3, 0.4) is 0 Å². The molecule has 0 aliphatic rings. The van der Waals surface area contributed by atoms with Gasteiger partial charge in [-0.3, -0.25) is 10.1 Å². The summed E-state index contributed by atoms with van der Waals surface area (Å²) in [6, 6.07) is 17.9. The molecule has 0 aliphatic heterocycles. The third-order valence-electron chi connectivity index (χ3n) is 7.96. The van der Waals surface area contributed by atoms with Crippen molar-refractivity contribution in [2.24, 2.45) is 5.92 Å². The van der Waals surface area contributed by atoms with Gasteiger partial charge in [0.05, 0.1) is 18.8 Å². The highest BCUT2D eigenvalue weighted by molar-refractivity contribution is 6.74. The Balaban J connectivity index is 1.83. The number of hydrogen-bond donors (Lipinski definition) is 2. The highest BCUT2D eigenvalue weighted by atomic mass is 28.4. The van der Waals surface area contributed by atoms with Crippen molar-refractivity contribution in [3.63, 3.8) is 0 Å². The first-order valence-electron chi connectivity index (χ1n) is 15.2. The van der Waals surface area contributed by atoms with Crippen LogP contribution in [0.4, 0.5) is 23.7 Å². The van der Waals surface area contributed by atoms with Gasteiger partial charge < -0.3 is 24.0 Å². The molecule has 0 aliphatic carbocycles. The minimum absolute atomic E-state index is 0.0105. The summed E-state index contributed by atoms with van der Waals surface area (Å²) in [6.45, 7) is 11.5. The van der Waals surface area contributed by atoms with E-state index in [1.165, 1.54) is 6.07 Å². The van der Waals surface area contributed by atoms with Crippen LogP contribution in [0.5, 0.6) is 11.6 Å². The molecular formula is C34H44F3N3O6Si. The van der Waals surface area contributed by atoms with Crippen LogP contribution in [-0.4, -0.2) is 57.3 Å². The average Bonchev–Trinajstić information content (AvgIpc) is 3.00. The molecule has 0 fully saturated rings. The van der Waals surface area contributed by atoms with Gasteiger partial charge in [0.1, 0.15) is 18.0 Å². The fourth-order valence-electron chi connectivity index (χ4n) is 4.23. The van der Waals surface area contributed by atoms with E-state index in [-0.39, 0.29) is 18.2 Å². The zero-order chi connectivity index (χ0) is 35.0. The van der Waals surface area contributed by atoms with Gasteiger partial charge in [0, 0.05) is 5.56 Å². The second-order valence-electron chi connectivity index (χ2n) is 12.9. The number of amides is 2. The smallest absolute Gasteiger partial charge is 0.415 e. The van der Waals surface area contributed by atoms with E-state index in [0.29, 0.717) is 17.0 Å². The van der Waals surface area contributed by atoms with Crippen molar-refractivity contribution in [3.8, 4) is 22.9 Å². The first kappa shape index (κ1) is 37.4. The van der Waals surface area contributed by atoms with Gasteiger partial charge in [0.2, 0.25) is 5.88 Å². The molecule has 47 heavy (non-hydrogen) atoms. The van der Waals surface area contributed by atoms with E-state index < -0.39 is 56.2 Å². The molecule has 3 aromatic rings. The van der Waals surface area contributed by atoms with Crippen molar-refractivity contribution in [2.75, 3.05) is 19.0 Å². The van der Waals surface area contributed by atoms with Crippen molar-refractivity contribution < 1.29 is 41.4 Å². The molecule has 1 aromatic heterocycles. The second kappa shape index (κ2) is 15.7. The molecule has 2 amide bonds. The lowest BCUT2D eigenvalue weighted by atomic mass is 9.98. The third kappa shape index (κ3) is 10.7. The number of nitrogens with zero attached hydrogens (tertiary/aromatic N) is 1. The Hall–Kier alpha value is -4.10. The van der Waals surface area contributed by atoms with Crippen molar-refractivity contribution in [2.45, 2.75) is 77.7 Å². The fraction of sp³-hybridized carbons (Fsp3) is 0.441. The van der Waals surface area contributed by atoms with Gasteiger partial charge in [-0.25, -0.2) is 9.78 Å². The first-order valence-corrected chi connectivity index (χ1v) is 18.1. The lowest BCUT2D eigenvalue weighted by Gasteiger charge is -2.42. The summed E-state index contributed by atoms with van der Waals surface area (Å²) in [5.41, 5.74) is 2.02. The minimum atomic E-state index is -4.73. The normalized spacial score (nSPS) is 13.4. The molecule has 0 radical (unpaired) electrons. The van der Waals surface area contributed by atoms with Gasteiger partial charge >= 0.3 is 12.3 Å². The van der Waals surface area contributed by atoms with Crippen LogP contribution in [0.15, 0.2) is 66.7 Å². The molecule has 3 rings (SSSR count). The number of aromatic nitrogens is 1. The number of rotatable bonds is 13. The van der Waals surface area contributed by atoms with E-state index >= 15 is 0 Å². The van der Waals surface area contributed by atoms with Crippen LogP contribution in [0.25, 0.3) is 11.3 Å². The summed E-state index contributed by atoms with van der Waals surface area (Å²) >= 11 is 0. The Bertz CT molecular complexity index is 1480. The van der Waals surface area contributed by atoms with Crippen LogP contribution >= 0.6 is 0 Å². The van der Waals surface area contributed by atoms with Crippen molar-refractivity contribution in [3.05, 3.63) is 72.3 Å². The third-order valence-corrected chi connectivity index (χ3v) is 12.4. The zero-order valence-corrected chi connectivity index (χ0v) is 29.0. The number of hydrogen-bond acceptors (Lipinski definition) is 7. The number of alkyl halides is 3. The fourth-order valence-corrected chi connectivity index (χ4v) is 5.50. The van der Waals surface area contributed by atoms with Gasteiger partial charge in [0.25, 0.3) is 5.91 Å². The Morgan fingerprint density at radius 3 is 2.13 bits per heavy atom. The number of nitrogens with one attached hydrogen (secondary N) is 2. The lowest BCUT2D eigenvalue weighted by Crippen LogP contribution is -2.59. The largest absolute Gasteiger partial charge is 0.497 e. The Morgan fingerprint density at radius 1 is 0.936 bits per heavy atom. The number of ether oxygens (including phenoxy) is 3. The molecule has 1 heterocycles. The lowest BCUT2D eigenvalue weighted by molar-refractivity contribution is -0.210. The van der Waals surface area contributed by atoms with Gasteiger partial charge in [-0.1, -0.05) is 65.0 Å². The number of methoxy groups -OCH3 is 1. The molecule has 2 N–H and O–H groups in total. The molecule has 2 aromatic carbocycles. The maximum atomic E-state index is 14.4. The van der Waals surface area contributed by atoms with Gasteiger partial charge in [-0.05, 0) is 66.0 Å². The first-order chi connectivity index (χ1) is 21.9. The van der Waals surface area contributed by atoms with E-state index in [1.807, 2.05) is 39.0 Å². The summed E-state index contributed by atoms with van der Waals surface area (Å²) in [7, 11) is -1.33. The van der Waals surface area contributed by atoms with Crippen LogP contribution in [0.1, 0.15) is 40.2 Å². The SMILES string of the molecule is COc1ccc(-c2ccc(NC(=O)OCc3ccccc3)c(OCC(=O)NC(C(C)C)C(O[Si](C)(C)C(C)(C)C)C(F)(F)F)n2)cc1. The molecule has 13 heteroatoms. The maximum absolute atomic E-state index is 14.4. The van der Waals surface area contributed by atoms with Gasteiger partial charge in [-0.2, -0.15) is 13.2 Å². The summed E-state index contributed by atoms with van der Waals surface area (Å²) in [5.74, 6) is -0.929. The topological polar surface area (TPSA) is 108 Å². The molecule has 0 saturated carbocycles. The summed E-state index contributed by atoms with van der Waals surface area (Å²) in [4.78, 5) is 30.3. The quantitative estimate of drug-likeness (QED) is 0.177. The Labute approximate surface area is 275 Å². The summed E-state index contributed by atoms with van der Waals surface area (Å²) in [5, 5.41) is 4.57. The van der Waals surface area contributed by atoms with E-state index in [2.05, 4.69) is 15.6 Å². The van der Waals surface area contributed by atoms with Crippen molar-refractivity contribution in [1.82, 2.24) is 10.3 Å². The average molecular weight is 676 g/mol. The molecule has 0 spiro atoms. The van der Waals surface area contributed by atoms with Crippen molar-refractivity contribution in [1.29, 1.82) is 0 Å². The van der Waals surface area contributed by atoms with Crippen LogP contribution in [-0.2, 0) is 20.6 Å². The highest BCUT2D eigenvalue weighted by Gasteiger charge is 2.52. The molecule has 0 bridgehead atoms. The van der Waals surface area contributed by atoms with Gasteiger partial charge in [0.15, 0.2) is 21.0 Å². The number of carbonyl (C=O) groups is 2. The van der Waals surface area contributed by atoms with Crippen LogP contribution in [0.2, 0.25) is 18.1 Å². The molecular weight excluding hydrogens is 631 g/mol. The number of carbonyl (C=O) groups excluding carboxylic acids is 2. The van der Waals surface area contributed by atoms with Crippen LogP contribution < -0.4 is 20.1 Å². The molecule has 256 valence electrons. The van der Waals surface area contributed by atoms with E-state index in [0.717, 1.165) is 5.56 Å². The van der Waals surface area contributed by atoms with E-state index in [9.17, 15) is 22.8 Å². The molecule has 0 saturated heterocycles. The number of pyridine rings is 1. The number of benzene rings is 2. The number of halogens is 3. The molecule has 2 unspecified atom stereocenters. The predicted octanol–water partition coefficient (Wildman–Crippen LogP) is 7.98. The standard InChI is InChI=1S/C34H44F3N3O6Si/c1-22(2)29(30(34(35,36)37)46-47(7,8)33(3,4)5)40-28(41)21-44-31-27(39-32(42)45-20-23-12-10-9-11-13-23)19-18-26(38-31)24-14-16-25(43-6)17-15-24/h9-19,22,29-30H,20-21H2,1-8H3,(H,39,42)(H,40,41). The van der Waals surface area contributed by atoms with Crippen LogP contribution in [0, 0.1) is 5.92 Å². The highest BCUT2D eigenvalue weighted by Crippen LogP contribution is 2.41. The predicted molar refractivity (Wildman–Crippen MR) is 177 cm³/mol. The maximum Gasteiger partial charge on any atom is 0.415 e. The summed E-state index contributed by atoms with van der Waals surface area (Å²) in [6.07, 6.45) is -7.75. The van der Waals surface area contributed by atoms with E-state index in [1.54, 1.807) is 76.5 Å². The van der Waals surface area contributed by atoms with Crippen molar-refractivity contribution >= 4 is 26.0 Å². The molecule has 9 nitrogen and oxygen atoms in total. The minimum Gasteiger partial charge on any atom is -0.497 e. The van der Waals surface area contributed by atoms with Gasteiger partial charge in [-0.15, -0.1) is 0 Å². The number of anilines is 1. The Kier molecular flexibility index (Phi) is 12.4.